The molecule has 1 fully saturated rings. The first-order valence-electron chi connectivity index (χ1n) is 5.98. The van der Waals surface area contributed by atoms with Gasteiger partial charge in [-0.3, -0.25) is 0 Å². The van der Waals surface area contributed by atoms with Crippen LogP contribution in [0.5, 0.6) is 0 Å². The van der Waals surface area contributed by atoms with E-state index in [2.05, 4.69) is 32.0 Å². The molecular formula is C14H19N. The van der Waals surface area contributed by atoms with Crippen LogP contribution in [0.3, 0.4) is 0 Å². The van der Waals surface area contributed by atoms with Crippen molar-refractivity contribution in [3.63, 3.8) is 0 Å². The average Bonchev–Trinajstić information content (AvgIpc) is 2.62. The van der Waals surface area contributed by atoms with Gasteiger partial charge >= 0.3 is 0 Å². The van der Waals surface area contributed by atoms with Crippen LogP contribution in [-0.4, -0.2) is 6.04 Å². The van der Waals surface area contributed by atoms with E-state index >= 15 is 0 Å². The first-order valence-corrected chi connectivity index (χ1v) is 5.98. The second-order valence-electron chi connectivity index (χ2n) is 5.71. The van der Waals surface area contributed by atoms with Gasteiger partial charge in [-0.2, -0.15) is 0 Å². The summed E-state index contributed by atoms with van der Waals surface area (Å²) in [5.41, 5.74) is 11.0. The highest BCUT2D eigenvalue weighted by atomic mass is 14.8. The lowest BCUT2D eigenvalue weighted by Crippen LogP contribution is -2.06. The van der Waals surface area contributed by atoms with Gasteiger partial charge in [0, 0.05) is 12.0 Å². The average molecular weight is 201 g/mol. The molecule has 0 spiro atoms. The van der Waals surface area contributed by atoms with Crippen molar-refractivity contribution in [3.05, 3.63) is 34.9 Å². The minimum Gasteiger partial charge on any atom is -0.327 e. The van der Waals surface area contributed by atoms with Crippen molar-refractivity contribution in [2.45, 2.75) is 45.1 Å². The van der Waals surface area contributed by atoms with Crippen molar-refractivity contribution >= 4 is 0 Å². The predicted octanol–water partition coefficient (Wildman–Crippen LogP) is 2.63. The third-order valence-electron chi connectivity index (χ3n) is 4.39. The molecule has 0 amide bonds. The maximum absolute atomic E-state index is 6.12. The zero-order chi connectivity index (χ0) is 10.6. The summed E-state index contributed by atoms with van der Waals surface area (Å²) in [5, 5.41) is 0. The molecule has 0 bridgehead atoms. The van der Waals surface area contributed by atoms with E-state index in [1.165, 1.54) is 24.8 Å². The fourth-order valence-electron chi connectivity index (χ4n) is 3.10. The molecule has 2 atom stereocenters. The van der Waals surface area contributed by atoms with Crippen LogP contribution < -0.4 is 5.73 Å². The molecule has 2 N–H and O–H groups in total. The standard InChI is InChI=1S/C14H19N/c1-14(2)12(13(14)15)11-7-6-9-4-3-5-10(9)8-11/h6-8,12-13H,3-5,15H2,1-2H3/t12-,13-/m1/s1. The highest BCUT2D eigenvalue weighted by Gasteiger charge is 2.56. The molecule has 0 unspecified atom stereocenters. The Hall–Kier alpha value is -0.820. The van der Waals surface area contributed by atoms with Gasteiger partial charge in [0.25, 0.3) is 0 Å². The fourth-order valence-corrected chi connectivity index (χ4v) is 3.10. The van der Waals surface area contributed by atoms with E-state index in [1.54, 1.807) is 11.1 Å². The molecule has 1 heteroatoms. The molecule has 0 aromatic heterocycles. The number of benzene rings is 1. The monoisotopic (exact) mass is 201 g/mol. The molecule has 0 heterocycles. The summed E-state index contributed by atoms with van der Waals surface area (Å²) in [7, 11) is 0. The number of nitrogens with two attached hydrogens (primary N) is 1. The largest absolute Gasteiger partial charge is 0.327 e. The number of hydrogen-bond acceptors (Lipinski definition) is 1. The quantitative estimate of drug-likeness (QED) is 0.742. The maximum atomic E-state index is 6.12. The van der Waals surface area contributed by atoms with Gasteiger partial charge in [-0.05, 0) is 41.4 Å². The first kappa shape index (κ1) is 9.41. The van der Waals surface area contributed by atoms with Crippen LogP contribution in [0.15, 0.2) is 18.2 Å². The normalized spacial score (nSPS) is 31.4. The summed E-state index contributed by atoms with van der Waals surface area (Å²) in [6, 6.07) is 7.38. The summed E-state index contributed by atoms with van der Waals surface area (Å²) in [4.78, 5) is 0. The van der Waals surface area contributed by atoms with Crippen molar-refractivity contribution in [1.29, 1.82) is 0 Å². The molecule has 1 nitrogen and oxygen atoms in total. The second-order valence-corrected chi connectivity index (χ2v) is 5.71. The van der Waals surface area contributed by atoms with E-state index in [-0.39, 0.29) is 0 Å². The topological polar surface area (TPSA) is 26.0 Å². The molecule has 3 rings (SSSR count). The van der Waals surface area contributed by atoms with Gasteiger partial charge in [0.05, 0.1) is 0 Å². The summed E-state index contributed by atoms with van der Waals surface area (Å²) in [5.74, 6) is 0.586. The van der Waals surface area contributed by atoms with Crippen LogP contribution in [-0.2, 0) is 12.8 Å². The van der Waals surface area contributed by atoms with E-state index in [4.69, 9.17) is 5.73 Å². The van der Waals surface area contributed by atoms with Crippen LogP contribution in [0.25, 0.3) is 0 Å². The zero-order valence-electron chi connectivity index (χ0n) is 9.59. The zero-order valence-corrected chi connectivity index (χ0v) is 9.59. The fraction of sp³-hybridized carbons (Fsp3) is 0.571. The minimum atomic E-state index is 0.312. The molecular weight excluding hydrogens is 182 g/mol. The SMILES string of the molecule is CC1(C)[C@H](N)[C@H]1c1ccc2c(c1)CCC2. The van der Waals surface area contributed by atoms with Gasteiger partial charge in [-0.15, -0.1) is 0 Å². The minimum absolute atomic E-state index is 0.312. The number of aryl methyl sites for hydroxylation is 2. The van der Waals surface area contributed by atoms with E-state index < -0.39 is 0 Å². The number of hydrogen-bond donors (Lipinski definition) is 1. The van der Waals surface area contributed by atoms with Crippen LogP contribution in [0, 0.1) is 5.41 Å². The van der Waals surface area contributed by atoms with Crippen LogP contribution in [0.1, 0.15) is 42.9 Å². The van der Waals surface area contributed by atoms with E-state index in [9.17, 15) is 0 Å². The summed E-state index contributed by atoms with van der Waals surface area (Å²) < 4.78 is 0. The first-order chi connectivity index (χ1) is 7.10. The number of rotatable bonds is 1. The Morgan fingerprint density at radius 1 is 1.20 bits per heavy atom. The van der Waals surface area contributed by atoms with Gasteiger partial charge in [0.15, 0.2) is 0 Å². The van der Waals surface area contributed by atoms with Crippen molar-refractivity contribution in [2.24, 2.45) is 11.1 Å². The van der Waals surface area contributed by atoms with E-state index in [0.29, 0.717) is 17.4 Å². The van der Waals surface area contributed by atoms with Crippen LogP contribution in [0.4, 0.5) is 0 Å². The Morgan fingerprint density at radius 2 is 1.87 bits per heavy atom. The molecule has 2 aliphatic carbocycles. The van der Waals surface area contributed by atoms with Crippen molar-refractivity contribution in [2.75, 3.05) is 0 Å². The van der Waals surface area contributed by atoms with Gasteiger partial charge < -0.3 is 5.73 Å². The Balaban J connectivity index is 1.95. The van der Waals surface area contributed by atoms with E-state index in [0.717, 1.165) is 0 Å². The molecule has 0 aliphatic heterocycles. The second kappa shape index (κ2) is 2.85. The summed E-state index contributed by atoms with van der Waals surface area (Å²) in [6.45, 7) is 4.55. The molecule has 1 saturated carbocycles. The molecule has 1 aromatic rings. The predicted molar refractivity (Wildman–Crippen MR) is 63.0 cm³/mol. The van der Waals surface area contributed by atoms with Gasteiger partial charge in [-0.25, -0.2) is 0 Å². The Labute approximate surface area is 91.7 Å². The lowest BCUT2D eigenvalue weighted by atomic mass is 9.99. The van der Waals surface area contributed by atoms with Crippen LogP contribution in [0.2, 0.25) is 0 Å². The lowest BCUT2D eigenvalue weighted by molar-refractivity contribution is 0.599. The van der Waals surface area contributed by atoms with Gasteiger partial charge in [0.1, 0.15) is 0 Å². The maximum Gasteiger partial charge on any atom is 0.0172 e. The highest BCUT2D eigenvalue weighted by molar-refractivity contribution is 5.41. The third-order valence-corrected chi connectivity index (χ3v) is 4.39. The third kappa shape index (κ3) is 1.26. The number of fused-ring (bicyclic) bond motifs is 1. The Bertz CT molecular complexity index is 406. The van der Waals surface area contributed by atoms with Crippen molar-refractivity contribution in [1.82, 2.24) is 0 Å². The molecule has 80 valence electrons. The molecule has 0 radical (unpaired) electrons. The van der Waals surface area contributed by atoms with Gasteiger partial charge in [0.2, 0.25) is 0 Å². The highest BCUT2D eigenvalue weighted by Crippen LogP contribution is 2.57. The van der Waals surface area contributed by atoms with Crippen molar-refractivity contribution in [3.8, 4) is 0 Å². The molecule has 1 aromatic carbocycles. The van der Waals surface area contributed by atoms with E-state index in [1.807, 2.05) is 0 Å². The van der Waals surface area contributed by atoms with Crippen molar-refractivity contribution < 1.29 is 0 Å². The smallest absolute Gasteiger partial charge is 0.0172 e. The van der Waals surface area contributed by atoms with Gasteiger partial charge in [-0.1, -0.05) is 32.0 Å². The Kier molecular flexibility index (Phi) is 1.79. The van der Waals surface area contributed by atoms with Crippen LogP contribution >= 0.6 is 0 Å². The molecule has 0 saturated heterocycles. The lowest BCUT2D eigenvalue weighted by Gasteiger charge is -2.06. The molecule has 15 heavy (non-hydrogen) atoms. The summed E-state index contributed by atoms with van der Waals surface area (Å²) in [6.07, 6.45) is 3.88. The summed E-state index contributed by atoms with van der Waals surface area (Å²) >= 11 is 0. The molecule has 2 aliphatic rings. The Morgan fingerprint density at radius 3 is 2.53 bits per heavy atom.